The molecule has 0 bridgehead atoms. The number of rotatable bonds is 9. The monoisotopic (exact) mass is 567 g/mol. The maximum Gasteiger partial charge on any atom is 0.335 e. The number of likely N-dealkylation sites (tertiary alicyclic amines) is 1. The molecule has 0 spiro atoms. The van der Waals surface area contributed by atoms with Crippen LogP contribution in [0.4, 0.5) is 4.39 Å². The Morgan fingerprint density at radius 3 is 2.69 bits per heavy atom. The van der Waals surface area contributed by atoms with Crippen LogP contribution in [-0.2, 0) is 24.4 Å². The molecule has 3 aliphatic rings. The quantitative estimate of drug-likeness (QED) is 0.311. The number of aryl methyl sites for hydroxylation is 1. The maximum absolute atomic E-state index is 14.3. The summed E-state index contributed by atoms with van der Waals surface area (Å²) in [4.78, 5) is 23.9. The fourth-order valence-corrected chi connectivity index (χ4v) is 6.48. The van der Waals surface area contributed by atoms with E-state index in [9.17, 15) is 14.3 Å². The molecule has 7 rings (SSSR count). The van der Waals surface area contributed by atoms with Crippen LogP contribution in [0.25, 0.3) is 11.0 Å². The molecule has 0 amide bonds. The van der Waals surface area contributed by atoms with Crippen molar-refractivity contribution in [2.45, 2.75) is 45.1 Å². The molecule has 10 heteroatoms. The number of aromatic nitrogens is 3. The van der Waals surface area contributed by atoms with Gasteiger partial charge in [-0.25, -0.2) is 19.2 Å². The Labute approximate surface area is 242 Å². The number of halogens is 1. The van der Waals surface area contributed by atoms with Gasteiger partial charge in [0.1, 0.15) is 18.2 Å². The van der Waals surface area contributed by atoms with Crippen molar-refractivity contribution in [2.75, 3.05) is 19.7 Å². The highest BCUT2D eigenvalue weighted by Gasteiger charge is 2.57. The van der Waals surface area contributed by atoms with Crippen molar-refractivity contribution in [1.82, 2.24) is 19.4 Å². The molecule has 2 aromatic heterocycles. The second-order valence-corrected chi connectivity index (χ2v) is 11.5. The zero-order chi connectivity index (χ0) is 29.0. The van der Waals surface area contributed by atoms with E-state index in [-0.39, 0.29) is 23.8 Å². The van der Waals surface area contributed by atoms with Crippen LogP contribution < -0.4 is 4.74 Å². The molecule has 1 aliphatic carbocycles. The molecule has 2 aliphatic heterocycles. The Balaban J connectivity index is 1.03. The molecule has 4 atom stereocenters. The summed E-state index contributed by atoms with van der Waals surface area (Å²) in [6.07, 6.45) is 1.12. The molecule has 0 radical (unpaired) electrons. The van der Waals surface area contributed by atoms with E-state index in [0.29, 0.717) is 42.3 Å². The number of ether oxygens (including phenoxy) is 2. The van der Waals surface area contributed by atoms with Gasteiger partial charge in [-0.15, -0.1) is 0 Å². The lowest BCUT2D eigenvalue weighted by Crippen LogP contribution is -2.33. The van der Waals surface area contributed by atoms with Crippen LogP contribution in [0.15, 0.2) is 48.5 Å². The first-order valence-corrected chi connectivity index (χ1v) is 14.2. The van der Waals surface area contributed by atoms with Gasteiger partial charge in [0.2, 0.25) is 5.88 Å². The molecular formula is C32H30FN5O4. The van der Waals surface area contributed by atoms with E-state index in [2.05, 4.69) is 9.47 Å². The summed E-state index contributed by atoms with van der Waals surface area (Å²) in [5.41, 5.74) is 4.48. The second-order valence-electron chi connectivity index (χ2n) is 11.5. The standard InChI is InChI=1S/C32H30FN5O4/c1-18-9-21(32(39)40)11-27-31(18)36-28(38(27)13-22-7-8-41-22)16-37-14-23-24(15-37)30(23)26-3-2-4-29(35-26)42-17-20-6-5-19(12-34)10-25(20)33/h2-6,9-11,22-24,30H,7-8,13-17H2,1H3,(H,39,40)/t22-,23-,24+,30+/m0/s1. The topological polar surface area (TPSA) is 113 Å². The third kappa shape index (κ3) is 4.89. The number of hydrogen-bond donors (Lipinski definition) is 1. The van der Waals surface area contributed by atoms with E-state index in [1.54, 1.807) is 30.3 Å². The minimum Gasteiger partial charge on any atom is -0.478 e. The largest absolute Gasteiger partial charge is 0.478 e. The molecule has 2 saturated heterocycles. The number of piperidine rings is 1. The number of carboxylic acids is 1. The van der Waals surface area contributed by atoms with E-state index in [1.165, 1.54) is 6.07 Å². The normalized spacial score (nSPS) is 22.9. The molecular weight excluding hydrogens is 537 g/mol. The lowest BCUT2D eigenvalue weighted by atomic mass is 10.1. The minimum absolute atomic E-state index is 0.0413. The van der Waals surface area contributed by atoms with Gasteiger partial charge in [-0.2, -0.15) is 5.26 Å². The number of imidazole rings is 1. The number of carbonyl (C=O) groups is 1. The summed E-state index contributed by atoms with van der Waals surface area (Å²) < 4.78 is 27.9. The van der Waals surface area contributed by atoms with E-state index in [1.807, 2.05) is 25.1 Å². The van der Waals surface area contributed by atoms with Crippen molar-refractivity contribution in [1.29, 1.82) is 5.26 Å². The van der Waals surface area contributed by atoms with E-state index >= 15 is 0 Å². The third-order valence-electron chi connectivity index (χ3n) is 8.83. The van der Waals surface area contributed by atoms with Gasteiger partial charge in [0.15, 0.2) is 0 Å². The number of pyridine rings is 1. The second kappa shape index (κ2) is 10.5. The molecule has 2 aromatic carbocycles. The first-order chi connectivity index (χ1) is 20.4. The lowest BCUT2D eigenvalue weighted by Gasteiger charge is -2.28. The number of benzene rings is 2. The minimum atomic E-state index is -0.940. The molecule has 0 unspecified atom stereocenters. The van der Waals surface area contributed by atoms with Crippen molar-refractivity contribution in [3.05, 3.63) is 88.1 Å². The first-order valence-electron chi connectivity index (χ1n) is 14.2. The highest BCUT2D eigenvalue weighted by molar-refractivity contribution is 5.94. The predicted molar refractivity (Wildman–Crippen MR) is 150 cm³/mol. The number of nitrogens with zero attached hydrogens (tertiary/aromatic N) is 5. The molecule has 1 saturated carbocycles. The third-order valence-corrected chi connectivity index (χ3v) is 8.83. The summed E-state index contributed by atoms with van der Waals surface area (Å²) in [6.45, 7) is 5.94. The Hall–Kier alpha value is -4.33. The predicted octanol–water partition coefficient (Wildman–Crippen LogP) is 4.66. The Bertz CT molecular complexity index is 1730. The van der Waals surface area contributed by atoms with Gasteiger partial charge in [0.05, 0.1) is 47.4 Å². The number of hydrogen-bond acceptors (Lipinski definition) is 7. The summed E-state index contributed by atoms with van der Waals surface area (Å²) in [5, 5.41) is 18.6. The van der Waals surface area contributed by atoms with Gasteiger partial charge in [-0.05, 0) is 61.1 Å². The number of carboxylic acid groups (broad SMARTS) is 1. The van der Waals surface area contributed by atoms with Gasteiger partial charge in [0, 0.05) is 42.9 Å². The van der Waals surface area contributed by atoms with Crippen LogP contribution in [0.3, 0.4) is 0 Å². The molecule has 214 valence electrons. The van der Waals surface area contributed by atoms with Crippen LogP contribution >= 0.6 is 0 Å². The van der Waals surface area contributed by atoms with Crippen molar-refractivity contribution < 1.29 is 23.8 Å². The van der Waals surface area contributed by atoms with Gasteiger partial charge >= 0.3 is 5.97 Å². The SMILES string of the molecule is Cc1cc(C(=O)O)cc2c1nc(CN1C[C@@H]3[C@H](C1)[C@H]3c1cccc(OCc3ccc(C#N)cc3F)n1)n2C[C@@H]1CCO1. The summed E-state index contributed by atoms with van der Waals surface area (Å²) >= 11 is 0. The Morgan fingerprint density at radius 2 is 2.00 bits per heavy atom. The number of aromatic carboxylic acids is 1. The molecule has 42 heavy (non-hydrogen) atoms. The Morgan fingerprint density at radius 1 is 1.19 bits per heavy atom. The van der Waals surface area contributed by atoms with Crippen molar-refractivity contribution in [3.63, 3.8) is 0 Å². The van der Waals surface area contributed by atoms with E-state index < -0.39 is 11.8 Å². The van der Waals surface area contributed by atoms with E-state index in [0.717, 1.165) is 54.2 Å². The fraction of sp³-hybridized carbons (Fsp3) is 0.375. The lowest BCUT2D eigenvalue weighted by molar-refractivity contribution is -0.0591. The molecule has 9 nitrogen and oxygen atoms in total. The van der Waals surface area contributed by atoms with Crippen LogP contribution in [0.5, 0.6) is 5.88 Å². The molecule has 1 N–H and O–H groups in total. The maximum atomic E-state index is 14.3. The molecule has 4 aromatic rings. The number of fused-ring (bicyclic) bond motifs is 2. The first kappa shape index (κ1) is 26.6. The average Bonchev–Trinajstić information content (AvgIpc) is 3.27. The fourth-order valence-electron chi connectivity index (χ4n) is 6.48. The summed E-state index contributed by atoms with van der Waals surface area (Å²) in [7, 11) is 0. The smallest absolute Gasteiger partial charge is 0.335 e. The van der Waals surface area contributed by atoms with Gasteiger partial charge in [-0.1, -0.05) is 12.1 Å². The molecule has 3 fully saturated rings. The molecule has 4 heterocycles. The van der Waals surface area contributed by atoms with Gasteiger partial charge in [0.25, 0.3) is 0 Å². The summed E-state index contributed by atoms with van der Waals surface area (Å²) in [5.74, 6) is 1.35. The zero-order valence-electron chi connectivity index (χ0n) is 23.2. The Kier molecular flexibility index (Phi) is 6.64. The number of nitriles is 1. The zero-order valence-corrected chi connectivity index (χ0v) is 23.2. The van der Waals surface area contributed by atoms with E-state index in [4.69, 9.17) is 24.7 Å². The van der Waals surface area contributed by atoms with Crippen LogP contribution in [-0.4, -0.2) is 56.3 Å². The van der Waals surface area contributed by atoms with Gasteiger partial charge in [-0.3, -0.25) is 4.90 Å². The summed E-state index contributed by atoms with van der Waals surface area (Å²) in [6, 6.07) is 15.4. The van der Waals surface area contributed by atoms with Crippen LogP contribution in [0, 0.1) is 35.9 Å². The highest BCUT2D eigenvalue weighted by Crippen LogP contribution is 2.58. The van der Waals surface area contributed by atoms with Crippen LogP contribution in [0.1, 0.15) is 50.9 Å². The van der Waals surface area contributed by atoms with Crippen molar-refractivity contribution in [2.24, 2.45) is 11.8 Å². The van der Waals surface area contributed by atoms with Gasteiger partial charge < -0.3 is 19.1 Å². The van der Waals surface area contributed by atoms with Crippen LogP contribution in [0.2, 0.25) is 0 Å². The van der Waals surface area contributed by atoms with Crippen molar-refractivity contribution in [3.8, 4) is 11.9 Å². The van der Waals surface area contributed by atoms with Crippen molar-refractivity contribution >= 4 is 17.0 Å². The average molecular weight is 568 g/mol. The highest BCUT2D eigenvalue weighted by atomic mass is 19.1.